The number of halogens is 1. The molecule has 0 saturated heterocycles. The molecule has 0 fully saturated rings. The van der Waals surface area contributed by atoms with Gasteiger partial charge in [0.15, 0.2) is 5.82 Å². The van der Waals surface area contributed by atoms with Crippen molar-refractivity contribution in [3.05, 3.63) is 28.7 Å². The van der Waals surface area contributed by atoms with E-state index in [-0.39, 0.29) is 0 Å². The molecule has 8 heteroatoms. The van der Waals surface area contributed by atoms with Crippen LogP contribution in [0, 0.1) is 20.8 Å². The fourth-order valence-corrected chi connectivity index (χ4v) is 2.01. The van der Waals surface area contributed by atoms with Crippen molar-refractivity contribution in [2.75, 3.05) is 0 Å². The Morgan fingerprint density at radius 3 is 2.61 bits per heavy atom. The molecule has 3 heterocycles. The Bertz CT molecular complexity index is 742. The lowest BCUT2D eigenvalue weighted by Crippen LogP contribution is -2.11. The Labute approximate surface area is 107 Å². The fraction of sp³-hybridized carbons (Fsp3) is 0.300. The number of aryl methyl sites for hydroxylation is 2. The first kappa shape index (κ1) is 11.1. The van der Waals surface area contributed by atoms with Crippen LogP contribution < -0.4 is 0 Å². The van der Waals surface area contributed by atoms with Crippen molar-refractivity contribution in [2.24, 2.45) is 0 Å². The van der Waals surface area contributed by atoms with E-state index in [2.05, 4.69) is 25.1 Å². The molecule has 0 saturated carbocycles. The zero-order chi connectivity index (χ0) is 12.9. The van der Waals surface area contributed by atoms with Gasteiger partial charge in [-0.3, -0.25) is 0 Å². The van der Waals surface area contributed by atoms with Crippen molar-refractivity contribution in [1.29, 1.82) is 0 Å². The SMILES string of the molecule is Cc1nc(C)n(-c2c(C)c(Cl)nc3ncnn23)n1. The summed E-state index contributed by atoms with van der Waals surface area (Å²) in [6.07, 6.45) is 1.43. The molecule has 7 nitrogen and oxygen atoms in total. The van der Waals surface area contributed by atoms with Crippen LogP contribution in [0.5, 0.6) is 0 Å². The molecule has 0 atom stereocenters. The Morgan fingerprint density at radius 2 is 1.94 bits per heavy atom. The Hall–Kier alpha value is -2.02. The van der Waals surface area contributed by atoms with E-state index < -0.39 is 0 Å². The van der Waals surface area contributed by atoms with Gasteiger partial charge in [-0.05, 0) is 20.8 Å². The van der Waals surface area contributed by atoms with Gasteiger partial charge in [-0.25, -0.2) is 4.98 Å². The molecule has 0 aliphatic carbocycles. The van der Waals surface area contributed by atoms with E-state index in [4.69, 9.17) is 11.6 Å². The Balaban J connectivity index is 2.43. The molecular weight excluding hydrogens is 254 g/mol. The molecule has 3 rings (SSSR count). The molecule has 0 bridgehead atoms. The highest BCUT2D eigenvalue weighted by atomic mass is 35.5. The lowest BCUT2D eigenvalue weighted by atomic mass is 10.3. The van der Waals surface area contributed by atoms with Gasteiger partial charge in [0, 0.05) is 5.56 Å². The van der Waals surface area contributed by atoms with Crippen LogP contribution >= 0.6 is 11.6 Å². The highest BCUT2D eigenvalue weighted by Gasteiger charge is 2.16. The predicted octanol–water partition coefficient (Wildman–Crippen LogP) is 1.28. The third-order valence-corrected chi connectivity index (χ3v) is 3.02. The summed E-state index contributed by atoms with van der Waals surface area (Å²) in [4.78, 5) is 12.5. The van der Waals surface area contributed by atoms with Gasteiger partial charge in [-0.2, -0.15) is 24.3 Å². The number of aromatic nitrogens is 7. The number of rotatable bonds is 1. The molecule has 0 N–H and O–H groups in total. The van der Waals surface area contributed by atoms with Crippen molar-refractivity contribution in [1.82, 2.24) is 34.3 Å². The van der Waals surface area contributed by atoms with Gasteiger partial charge in [0.25, 0.3) is 5.78 Å². The minimum atomic E-state index is 0.387. The summed E-state index contributed by atoms with van der Waals surface area (Å²) < 4.78 is 3.29. The maximum atomic E-state index is 6.11. The maximum absolute atomic E-state index is 6.11. The van der Waals surface area contributed by atoms with E-state index in [0.717, 1.165) is 11.4 Å². The van der Waals surface area contributed by atoms with Crippen LogP contribution in [0.3, 0.4) is 0 Å². The van der Waals surface area contributed by atoms with Crippen LogP contribution in [0.4, 0.5) is 0 Å². The summed E-state index contributed by atoms with van der Waals surface area (Å²) in [5, 5.41) is 8.87. The molecule has 3 aromatic rings. The van der Waals surface area contributed by atoms with E-state index in [1.165, 1.54) is 6.33 Å². The molecule has 0 unspecified atom stereocenters. The van der Waals surface area contributed by atoms with Crippen molar-refractivity contribution in [3.63, 3.8) is 0 Å². The third kappa shape index (κ3) is 1.47. The van der Waals surface area contributed by atoms with Crippen LogP contribution in [0.25, 0.3) is 11.6 Å². The molecule has 3 aromatic heterocycles. The molecule has 92 valence electrons. The Kier molecular flexibility index (Phi) is 2.30. The molecular formula is C10H10ClN7. The average Bonchev–Trinajstić information content (AvgIpc) is 2.87. The van der Waals surface area contributed by atoms with Crippen molar-refractivity contribution < 1.29 is 0 Å². The van der Waals surface area contributed by atoms with Crippen molar-refractivity contribution in [3.8, 4) is 5.82 Å². The third-order valence-electron chi connectivity index (χ3n) is 2.65. The second kappa shape index (κ2) is 3.74. The first-order chi connectivity index (χ1) is 8.58. The summed E-state index contributed by atoms with van der Waals surface area (Å²) in [7, 11) is 0. The first-order valence-corrected chi connectivity index (χ1v) is 5.72. The van der Waals surface area contributed by atoms with Crippen molar-refractivity contribution >= 4 is 17.4 Å². The normalized spacial score (nSPS) is 11.3. The molecule has 0 aromatic carbocycles. The topological polar surface area (TPSA) is 73.8 Å². The minimum Gasteiger partial charge on any atom is -0.217 e. The number of hydrogen-bond donors (Lipinski definition) is 0. The molecule has 18 heavy (non-hydrogen) atoms. The van der Waals surface area contributed by atoms with Crippen LogP contribution in [-0.4, -0.2) is 34.3 Å². The second-order valence-corrected chi connectivity index (χ2v) is 4.30. The van der Waals surface area contributed by atoms with E-state index >= 15 is 0 Å². The van der Waals surface area contributed by atoms with Crippen LogP contribution in [0.1, 0.15) is 17.2 Å². The molecule has 0 aliphatic heterocycles. The fourth-order valence-electron chi connectivity index (χ4n) is 1.85. The Morgan fingerprint density at radius 1 is 1.17 bits per heavy atom. The quantitative estimate of drug-likeness (QED) is 0.619. The largest absolute Gasteiger partial charge is 0.255 e. The number of nitrogens with zero attached hydrogens (tertiary/aromatic N) is 7. The predicted molar refractivity (Wildman–Crippen MR) is 64.9 cm³/mol. The summed E-state index contributed by atoms with van der Waals surface area (Å²) >= 11 is 6.11. The summed E-state index contributed by atoms with van der Waals surface area (Å²) in [6.45, 7) is 5.57. The van der Waals surface area contributed by atoms with Crippen LogP contribution in [-0.2, 0) is 0 Å². The molecule has 0 aliphatic rings. The molecule has 0 radical (unpaired) electrons. The van der Waals surface area contributed by atoms with E-state index in [9.17, 15) is 0 Å². The first-order valence-electron chi connectivity index (χ1n) is 5.34. The monoisotopic (exact) mass is 263 g/mol. The van der Waals surface area contributed by atoms with Gasteiger partial charge in [-0.15, -0.1) is 5.10 Å². The van der Waals surface area contributed by atoms with Gasteiger partial charge < -0.3 is 0 Å². The van der Waals surface area contributed by atoms with Gasteiger partial charge in [-0.1, -0.05) is 11.6 Å². The molecule has 0 spiro atoms. The van der Waals surface area contributed by atoms with Crippen molar-refractivity contribution in [2.45, 2.75) is 20.8 Å². The standard InChI is InChI=1S/C10H10ClN7/c1-5-8(11)15-10-12-4-13-18(10)9(5)17-7(3)14-6(2)16-17/h4H,1-3H3. The summed E-state index contributed by atoms with van der Waals surface area (Å²) in [5.74, 6) is 2.59. The highest BCUT2D eigenvalue weighted by molar-refractivity contribution is 6.30. The smallest absolute Gasteiger partial charge is 0.217 e. The van der Waals surface area contributed by atoms with Gasteiger partial charge in [0.1, 0.15) is 23.1 Å². The minimum absolute atomic E-state index is 0.387. The van der Waals surface area contributed by atoms with Gasteiger partial charge in [0.05, 0.1) is 0 Å². The molecule has 0 amide bonds. The number of fused-ring (bicyclic) bond motifs is 1. The van der Waals surface area contributed by atoms with Crippen LogP contribution in [0.2, 0.25) is 5.15 Å². The average molecular weight is 264 g/mol. The highest BCUT2D eigenvalue weighted by Crippen LogP contribution is 2.21. The maximum Gasteiger partial charge on any atom is 0.255 e. The van der Waals surface area contributed by atoms with E-state index in [0.29, 0.717) is 22.6 Å². The summed E-state index contributed by atoms with van der Waals surface area (Å²) in [6, 6.07) is 0. The van der Waals surface area contributed by atoms with E-state index in [1.807, 2.05) is 20.8 Å². The van der Waals surface area contributed by atoms with E-state index in [1.54, 1.807) is 9.20 Å². The van der Waals surface area contributed by atoms with Gasteiger partial charge in [0.2, 0.25) is 0 Å². The lowest BCUT2D eigenvalue weighted by Gasteiger charge is -2.09. The summed E-state index contributed by atoms with van der Waals surface area (Å²) in [5.41, 5.74) is 0.780. The van der Waals surface area contributed by atoms with Gasteiger partial charge >= 0.3 is 0 Å². The lowest BCUT2D eigenvalue weighted by molar-refractivity contribution is 0.745. The number of hydrogen-bond acceptors (Lipinski definition) is 5. The second-order valence-electron chi connectivity index (χ2n) is 3.94. The van der Waals surface area contributed by atoms with Crippen LogP contribution in [0.15, 0.2) is 6.33 Å². The zero-order valence-corrected chi connectivity index (χ0v) is 10.8. The zero-order valence-electron chi connectivity index (χ0n) is 10.1.